The molecule has 1 saturated heterocycles. The number of benzene rings is 2. The number of likely N-dealkylation sites (tertiary alicyclic amines) is 1. The maximum absolute atomic E-state index is 12.5. The van der Waals surface area contributed by atoms with E-state index >= 15 is 0 Å². The molecule has 0 saturated carbocycles. The molecule has 4 amide bonds. The quantitative estimate of drug-likeness (QED) is 0.538. The first-order chi connectivity index (χ1) is 15.5. The Hall–Kier alpha value is -3.94. The lowest BCUT2D eigenvalue weighted by Crippen LogP contribution is -2.38. The number of anilines is 2. The summed E-state index contributed by atoms with van der Waals surface area (Å²) in [6, 6.07) is 13.4. The highest BCUT2D eigenvalue weighted by Crippen LogP contribution is 2.34. The van der Waals surface area contributed by atoms with E-state index in [0.717, 1.165) is 4.90 Å². The summed E-state index contributed by atoms with van der Waals surface area (Å²) in [7, 11) is 1.52. The molecule has 1 fully saturated rings. The number of para-hydroxylation sites is 2. The third-order valence-electron chi connectivity index (χ3n) is 5.69. The van der Waals surface area contributed by atoms with Crippen molar-refractivity contribution in [1.29, 1.82) is 0 Å². The molecule has 0 bridgehead atoms. The summed E-state index contributed by atoms with van der Waals surface area (Å²) in [5, 5.41) is 5.46. The van der Waals surface area contributed by atoms with E-state index in [4.69, 9.17) is 4.74 Å². The summed E-state index contributed by atoms with van der Waals surface area (Å²) in [4.78, 5) is 51.0. The molecule has 1 heterocycles. The minimum atomic E-state index is -0.468. The van der Waals surface area contributed by atoms with Crippen LogP contribution < -0.4 is 15.4 Å². The Labute approximate surface area is 185 Å². The lowest BCUT2D eigenvalue weighted by atomic mass is 9.85. The van der Waals surface area contributed by atoms with Gasteiger partial charge in [0, 0.05) is 11.3 Å². The van der Waals surface area contributed by atoms with E-state index in [0.29, 0.717) is 35.5 Å². The van der Waals surface area contributed by atoms with E-state index in [1.54, 1.807) is 48.5 Å². The van der Waals surface area contributed by atoms with E-state index < -0.39 is 5.91 Å². The Morgan fingerprint density at radius 2 is 1.56 bits per heavy atom. The molecule has 0 aromatic heterocycles. The Bertz CT molecular complexity index is 1070. The number of fused-ring (bicyclic) bond motifs is 1. The number of nitrogens with zero attached hydrogens (tertiary/aromatic N) is 1. The van der Waals surface area contributed by atoms with Crippen LogP contribution in [0, 0.1) is 11.8 Å². The van der Waals surface area contributed by atoms with Crippen LogP contribution in [0.15, 0.2) is 60.7 Å². The number of carbonyl (C=O) groups is 4. The number of methoxy groups -OCH3 is 1. The van der Waals surface area contributed by atoms with Gasteiger partial charge in [0.15, 0.2) is 0 Å². The minimum Gasteiger partial charge on any atom is -0.495 e. The predicted octanol–water partition coefficient (Wildman–Crippen LogP) is 2.84. The van der Waals surface area contributed by atoms with Crippen molar-refractivity contribution in [3.8, 4) is 5.75 Å². The van der Waals surface area contributed by atoms with Gasteiger partial charge in [-0.15, -0.1) is 0 Å². The predicted molar refractivity (Wildman–Crippen MR) is 118 cm³/mol. The molecule has 8 heteroatoms. The van der Waals surface area contributed by atoms with Gasteiger partial charge in [-0.2, -0.15) is 0 Å². The zero-order valence-electron chi connectivity index (χ0n) is 17.5. The molecule has 1 aliphatic carbocycles. The van der Waals surface area contributed by atoms with Crippen LogP contribution in [0.1, 0.15) is 23.2 Å². The first-order valence-electron chi connectivity index (χ1n) is 10.3. The van der Waals surface area contributed by atoms with Gasteiger partial charge in [-0.3, -0.25) is 24.1 Å². The van der Waals surface area contributed by atoms with Crippen LogP contribution in [0.3, 0.4) is 0 Å². The van der Waals surface area contributed by atoms with E-state index in [1.807, 2.05) is 12.2 Å². The molecule has 164 valence electrons. The summed E-state index contributed by atoms with van der Waals surface area (Å²) in [5.41, 5.74) is 1.41. The SMILES string of the molecule is COc1ccccc1NC(=O)c1ccc(NC(=O)CN2C(=O)C3CC=CCC3C2=O)cc1. The molecule has 2 N–H and O–H groups in total. The van der Waals surface area contributed by atoms with Crippen LogP contribution in [0.4, 0.5) is 11.4 Å². The molecule has 2 aromatic rings. The summed E-state index contributed by atoms with van der Waals surface area (Å²) in [5.74, 6) is -1.54. The number of rotatable bonds is 6. The third-order valence-corrected chi connectivity index (χ3v) is 5.69. The fourth-order valence-corrected chi connectivity index (χ4v) is 4.02. The van der Waals surface area contributed by atoms with Crippen molar-refractivity contribution in [2.45, 2.75) is 12.8 Å². The first-order valence-corrected chi connectivity index (χ1v) is 10.3. The van der Waals surface area contributed by atoms with Crippen LogP contribution >= 0.6 is 0 Å². The Morgan fingerprint density at radius 3 is 2.19 bits per heavy atom. The molecule has 2 atom stereocenters. The molecule has 2 unspecified atom stereocenters. The zero-order valence-corrected chi connectivity index (χ0v) is 17.5. The van der Waals surface area contributed by atoms with Crippen molar-refractivity contribution in [3.05, 3.63) is 66.2 Å². The summed E-state index contributed by atoms with van der Waals surface area (Å²) >= 11 is 0. The van der Waals surface area contributed by atoms with Crippen LogP contribution in [0.5, 0.6) is 5.75 Å². The molecule has 2 aliphatic rings. The number of amides is 4. The highest BCUT2D eigenvalue weighted by atomic mass is 16.5. The second-order valence-corrected chi connectivity index (χ2v) is 7.70. The molecule has 4 rings (SSSR count). The second-order valence-electron chi connectivity index (χ2n) is 7.70. The molecule has 8 nitrogen and oxygen atoms in total. The Kier molecular flexibility index (Phi) is 6.02. The molecule has 2 aromatic carbocycles. The summed E-state index contributed by atoms with van der Waals surface area (Å²) in [6.45, 7) is -0.319. The fourth-order valence-electron chi connectivity index (χ4n) is 4.02. The van der Waals surface area contributed by atoms with Crippen LogP contribution in [0.2, 0.25) is 0 Å². The van der Waals surface area contributed by atoms with E-state index in [-0.39, 0.29) is 36.1 Å². The van der Waals surface area contributed by atoms with Gasteiger partial charge in [0.2, 0.25) is 17.7 Å². The third kappa shape index (κ3) is 4.25. The number of allylic oxidation sites excluding steroid dienone is 2. The molecule has 0 spiro atoms. The van der Waals surface area contributed by atoms with Gasteiger partial charge in [-0.1, -0.05) is 24.3 Å². The number of imide groups is 1. The summed E-state index contributed by atoms with van der Waals surface area (Å²) < 4.78 is 5.23. The number of hydrogen-bond acceptors (Lipinski definition) is 5. The van der Waals surface area contributed by atoms with Gasteiger partial charge in [-0.05, 0) is 49.2 Å². The minimum absolute atomic E-state index is 0.289. The average Bonchev–Trinajstić information content (AvgIpc) is 3.05. The average molecular weight is 433 g/mol. The first kappa shape index (κ1) is 21.3. The zero-order chi connectivity index (χ0) is 22.7. The van der Waals surface area contributed by atoms with Gasteiger partial charge in [-0.25, -0.2) is 0 Å². The second kappa shape index (κ2) is 9.05. The van der Waals surface area contributed by atoms with Crippen molar-refractivity contribution < 1.29 is 23.9 Å². The Morgan fingerprint density at radius 1 is 0.938 bits per heavy atom. The van der Waals surface area contributed by atoms with Gasteiger partial charge >= 0.3 is 0 Å². The van der Waals surface area contributed by atoms with Crippen LogP contribution in [-0.2, 0) is 14.4 Å². The van der Waals surface area contributed by atoms with Crippen molar-refractivity contribution in [2.75, 3.05) is 24.3 Å². The van der Waals surface area contributed by atoms with Crippen LogP contribution in [-0.4, -0.2) is 42.2 Å². The number of hydrogen-bond donors (Lipinski definition) is 2. The lowest BCUT2D eigenvalue weighted by Gasteiger charge is -2.14. The number of ether oxygens (including phenoxy) is 1. The van der Waals surface area contributed by atoms with Crippen molar-refractivity contribution in [2.24, 2.45) is 11.8 Å². The van der Waals surface area contributed by atoms with E-state index in [2.05, 4.69) is 10.6 Å². The largest absolute Gasteiger partial charge is 0.495 e. The highest BCUT2D eigenvalue weighted by molar-refractivity contribution is 6.09. The monoisotopic (exact) mass is 433 g/mol. The fraction of sp³-hybridized carbons (Fsp3) is 0.250. The highest BCUT2D eigenvalue weighted by Gasteiger charge is 2.47. The Balaban J connectivity index is 1.35. The molecule has 1 aliphatic heterocycles. The van der Waals surface area contributed by atoms with Gasteiger partial charge < -0.3 is 15.4 Å². The van der Waals surface area contributed by atoms with E-state index in [9.17, 15) is 19.2 Å². The standard InChI is InChI=1S/C24H23N3O5/c1-32-20-9-5-4-8-19(20)26-22(29)15-10-12-16(13-11-15)25-21(28)14-27-23(30)17-6-2-3-7-18(17)24(27)31/h2-5,8-13,17-18H,6-7,14H2,1H3,(H,25,28)(H,26,29). The van der Waals surface area contributed by atoms with Crippen molar-refractivity contribution >= 4 is 35.0 Å². The summed E-state index contributed by atoms with van der Waals surface area (Å²) in [6.07, 6.45) is 4.88. The number of nitrogens with one attached hydrogen (secondary N) is 2. The van der Waals surface area contributed by atoms with Crippen molar-refractivity contribution in [3.63, 3.8) is 0 Å². The van der Waals surface area contributed by atoms with Crippen molar-refractivity contribution in [1.82, 2.24) is 4.90 Å². The van der Waals surface area contributed by atoms with E-state index in [1.165, 1.54) is 7.11 Å². The molecular formula is C24H23N3O5. The molecular weight excluding hydrogens is 410 g/mol. The smallest absolute Gasteiger partial charge is 0.255 e. The van der Waals surface area contributed by atoms with Gasteiger partial charge in [0.1, 0.15) is 12.3 Å². The molecule has 0 radical (unpaired) electrons. The number of carbonyl (C=O) groups excluding carboxylic acids is 4. The molecule has 32 heavy (non-hydrogen) atoms. The topological polar surface area (TPSA) is 105 Å². The maximum Gasteiger partial charge on any atom is 0.255 e. The maximum atomic E-state index is 12.5. The van der Waals surface area contributed by atoms with Gasteiger partial charge in [0.25, 0.3) is 5.91 Å². The van der Waals surface area contributed by atoms with Crippen LogP contribution in [0.25, 0.3) is 0 Å². The lowest BCUT2D eigenvalue weighted by molar-refractivity contribution is -0.142. The normalized spacial score (nSPS) is 19.5. The van der Waals surface area contributed by atoms with Gasteiger partial charge in [0.05, 0.1) is 24.6 Å².